The molecule has 1 N–H and O–H groups in total. The minimum atomic E-state index is -0.771. The number of ether oxygens (including phenoxy) is 1. The Kier molecular flexibility index (Phi) is 5.37. The van der Waals surface area contributed by atoms with E-state index in [1.165, 1.54) is 0 Å². The highest BCUT2D eigenvalue weighted by molar-refractivity contribution is 5.95. The van der Waals surface area contributed by atoms with Crippen molar-refractivity contribution in [1.82, 2.24) is 0 Å². The van der Waals surface area contributed by atoms with Gasteiger partial charge < -0.3 is 10.1 Å². The van der Waals surface area contributed by atoms with Crippen molar-refractivity contribution in [2.45, 2.75) is 20.3 Å². The predicted octanol–water partition coefficient (Wildman–Crippen LogP) is 3.63. The van der Waals surface area contributed by atoms with Gasteiger partial charge in [0.15, 0.2) is 0 Å². The number of hydrogen-bond acceptors (Lipinski definition) is 3. The van der Waals surface area contributed by atoms with Crippen molar-refractivity contribution in [2.75, 3.05) is 12.4 Å². The molecule has 1 atom stereocenters. The lowest BCUT2D eigenvalue weighted by Crippen LogP contribution is -2.24. The molecule has 0 saturated heterocycles. The van der Waals surface area contributed by atoms with Crippen LogP contribution in [0.5, 0.6) is 5.75 Å². The monoisotopic (exact) mass is 308 g/mol. The number of rotatable bonds is 5. The molecule has 2 rings (SSSR count). The molecule has 4 heteroatoms. The number of aryl methyl sites for hydroxylation is 2. The number of nitrogens with one attached hydrogen (secondary N) is 1. The van der Waals surface area contributed by atoms with Crippen LogP contribution >= 0.6 is 0 Å². The summed E-state index contributed by atoms with van der Waals surface area (Å²) in [6.07, 6.45) is 0.317. The Bertz CT molecular complexity index is 747. The van der Waals surface area contributed by atoms with E-state index in [-0.39, 0.29) is 5.91 Å². The molecule has 0 aromatic heterocycles. The fourth-order valence-corrected chi connectivity index (χ4v) is 2.46. The Labute approximate surface area is 136 Å². The summed E-state index contributed by atoms with van der Waals surface area (Å²) in [5.41, 5.74) is 3.69. The van der Waals surface area contributed by atoms with Gasteiger partial charge in [-0.05, 0) is 37.1 Å². The number of nitriles is 1. The maximum Gasteiger partial charge on any atom is 0.242 e. The van der Waals surface area contributed by atoms with Crippen LogP contribution in [0.25, 0.3) is 0 Å². The van der Waals surface area contributed by atoms with Gasteiger partial charge >= 0.3 is 0 Å². The van der Waals surface area contributed by atoms with Gasteiger partial charge in [0.05, 0.1) is 13.2 Å². The molecular formula is C19H20N2O2. The van der Waals surface area contributed by atoms with Gasteiger partial charge in [0.25, 0.3) is 0 Å². The molecule has 0 heterocycles. The van der Waals surface area contributed by atoms with Crippen LogP contribution in [0.2, 0.25) is 0 Å². The lowest BCUT2D eigenvalue weighted by molar-refractivity contribution is -0.118. The van der Waals surface area contributed by atoms with Gasteiger partial charge in [-0.25, -0.2) is 0 Å². The van der Waals surface area contributed by atoms with Crippen LogP contribution < -0.4 is 10.1 Å². The standard InChI is InChI=1S/C19H20N2O2/c1-13-8-9-17(14(2)10-13)21-19(22)16(12-20)11-15-6-4-5-7-18(15)23-3/h4-10,16H,11H2,1-3H3,(H,21,22). The van der Waals surface area contributed by atoms with Gasteiger partial charge in [-0.1, -0.05) is 35.9 Å². The van der Waals surface area contributed by atoms with Crippen LogP contribution in [0.4, 0.5) is 5.69 Å². The van der Waals surface area contributed by atoms with E-state index in [4.69, 9.17) is 4.74 Å². The van der Waals surface area contributed by atoms with E-state index in [1.807, 2.05) is 56.3 Å². The molecule has 0 aliphatic carbocycles. The number of para-hydroxylation sites is 1. The summed E-state index contributed by atoms with van der Waals surface area (Å²) in [5, 5.41) is 12.2. The van der Waals surface area contributed by atoms with Crippen molar-refractivity contribution in [3.8, 4) is 11.8 Å². The van der Waals surface area contributed by atoms with Crippen LogP contribution in [-0.2, 0) is 11.2 Å². The van der Waals surface area contributed by atoms with Crippen molar-refractivity contribution in [2.24, 2.45) is 5.92 Å². The molecule has 2 aromatic carbocycles. The van der Waals surface area contributed by atoms with Gasteiger partial charge in [0, 0.05) is 12.1 Å². The van der Waals surface area contributed by atoms with Crippen LogP contribution in [0.15, 0.2) is 42.5 Å². The number of methoxy groups -OCH3 is 1. The van der Waals surface area contributed by atoms with Crippen molar-refractivity contribution >= 4 is 11.6 Å². The second kappa shape index (κ2) is 7.46. The van der Waals surface area contributed by atoms with Crippen molar-refractivity contribution < 1.29 is 9.53 Å². The highest BCUT2D eigenvalue weighted by Gasteiger charge is 2.20. The van der Waals surface area contributed by atoms with E-state index in [2.05, 4.69) is 11.4 Å². The largest absolute Gasteiger partial charge is 0.496 e. The van der Waals surface area contributed by atoms with Gasteiger partial charge in [-0.2, -0.15) is 5.26 Å². The zero-order chi connectivity index (χ0) is 16.8. The third-order valence-electron chi connectivity index (χ3n) is 3.73. The van der Waals surface area contributed by atoms with E-state index in [0.717, 1.165) is 22.4 Å². The Morgan fingerprint density at radius 2 is 2.00 bits per heavy atom. The summed E-state index contributed by atoms with van der Waals surface area (Å²) in [6, 6.07) is 15.3. The normalized spacial score (nSPS) is 11.4. The smallest absolute Gasteiger partial charge is 0.242 e. The minimum absolute atomic E-state index is 0.301. The van der Waals surface area contributed by atoms with Gasteiger partial charge in [0.1, 0.15) is 11.7 Å². The molecule has 0 spiro atoms. The third-order valence-corrected chi connectivity index (χ3v) is 3.73. The second-order valence-electron chi connectivity index (χ2n) is 5.51. The Morgan fingerprint density at radius 3 is 2.65 bits per heavy atom. The van der Waals surface area contributed by atoms with Crippen molar-refractivity contribution in [3.05, 3.63) is 59.2 Å². The molecule has 0 fully saturated rings. The van der Waals surface area contributed by atoms with E-state index >= 15 is 0 Å². The number of anilines is 1. The first-order valence-electron chi connectivity index (χ1n) is 7.44. The average molecular weight is 308 g/mol. The first-order valence-corrected chi connectivity index (χ1v) is 7.44. The first-order chi connectivity index (χ1) is 11.0. The highest BCUT2D eigenvalue weighted by atomic mass is 16.5. The second-order valence-corrected chi connectivity index (χ2v) is 5.51. The Morgan fingerprint density at radius 1 is 1.26 bits per heavy atom. The zero-order valence-electron chi connectivity index (χ0n) is 13.6. The molecule has 0 aliphatic heterocycles. The van der Waals surface area contributed by atoms with E-state index < -0.39 is 5.92 Å². The summed E-state index contributed by atoms with van der Waals surface area (Å²) < 4.78 is 5.28. The maximum absolute atomic E-state index is 12.4. The Hall–Kier alpha value is -2.80. The quantitative estimate of drug-likeness (QED) is 0.917. The molecule has 2 aromatic rings. The number of nitrogens with zero attached hydrogens (tertiary/aromatic N) is 1. The van der Waals surface area contributed by atoms with Crippen molar-refractivity contribution in [1.29, 1.82) is 5.26 Å². The van der Waals surface area contributed by atoms with Gasteiger partial charge in [-0.3, -0.25) is 4.79 Å². The predicted molar refractivity (Wildman–Crippen MR) is 90.3 cm³/mol. The number of hydrogen-bond donors (Lipinski definition) is 1. The Balaban J connectivity index is 2.14. The number of carbonyl (C=O) groups is 1. The summed E-state index contributed by atoms with van der Waals surface area (Å²) >= 11 is 0. The molecule has 23 heavy (non-hydrogen) atoms. The van der Waals surface area contributed by atoms with Crippen LogP contribution in [0.1, 0.15) is 16.7 Å². The fourth-order valence-electron chi connectivity index (χ4n) is 2.46. The molecule has 0 aliphatic rings. The molecular weight excluding hydrogens is 288 g/mol. The number of amides is 1. The van der Waals surface area contributed by atoms with Crippen LogP contribution in [0, 0.1) is 31.1 Å². The summed E-state index contributed by atoms with van der Waals surface area (Å²) in [4.78, 5) is 12.4. The van der Waals surface area contributed by atoms with Crippen molar-refractivity contribution in [3.63, 3.8) is 0 Å². The minimum Gasteiger partial charge on any atom is -0.496 e. The lowest BCUT2D eigenvalue weighted by atomic mass is 9.98. The number of carbonyl (C=O) groups excluding carboxylic acids is 1. The number of benzene rings is 2. The van der Waals surface area contributed by atoms with Crippen LogP contribution in [0.3, 0.4) is 0 Å². The SMILES string of the molecule is COc1ccccc1CC(C#N)C(=O)Nc1ccc(C)cc1C. The summed E-state index contributed by atoms with van der Waals surface area (Å²) in [6.45, 7) is 3.93. The van der Waals surface area contributed by atoms with E-state index in [0.29, 0.717) is 12.2 Å². The lowest BCUT2D eigenvalue weighted by Gasteiger charge is -2.14. The molecule has 0 bridgehead atoms. The average Bonchev–Trinajstić information content (AvgIpc) is 2.55. The molecule has 0 radical (unpaired) electrons. The molecule has 1 unspecified atom stereocenters. The van der Waals surface area contributed by atoms with E-state index in [1.54, 1.807) is 7.11 Å². The molecule has 118 valence electrons. The highest BCUT2D eigenvalue weighted by Crippen LogP contribution is 2.22. The first kappa shape index (κ1) is 16.6. The maximum atomic E-state index is 12.4. The molecule has 1 amide bonds. The summed E-state index contributed by atoms with van der Waals surface area (Å²) in [7, 11) is 1.58. The summed E-state index contributed by atoms with van der Waals surface area (Å²) in [5.74, 6) is -0.385. The van der Waals surface area contributed by atoms with Gasteiger partial charge in [-0.15, -0.1) is 0 Å². The van der Waals surface area contributed by atoms with E-state index in [9.17, 15) is 10.1 Å². The third kappa shape index (κ3) is 4.10. The molecule has 0 saturated carbocycles. The van der Waals surface area contributed by atoms with Gasteiger partial charge in [0.2, 0.25) is 5.91 Å². The topological polar surface area (TPSA) is 62.1 Å². The zero-order valence-corrected chi connectivity index (χ0v) is 13.6. The molecule has 4 nitrogen and oxygen atoms in total. The van der Waals surface area contributed by atoms with Crippen LogP contribution in [-0.4, -0.2) is 13.0 Å². The fraction of sp³-hybridized carbons (Fsp3) is 0.263.